The molecule has 160 valence electrons. The van der Waals surface area contributed by atoms with Gasteiger partial charge in [-0.2, -0.15) is 0 Å². The van der Waals surface area contributed by atoms with Crippen LogP contribution in [-0.2, 0) is 14.8 Å². The normalized spacial score (nSPS) is 11.0. The Morgan fingerprint density at radius 1 is 1.06 bits per heavy atom. The average Bonchev–Trinajstić information content (AvgIpc) is 2.74. The van der Waals surface area contributed by atoms with E-state index in [9.17, 15) is 27.7 Å². The summed E-state index contributed by atoms with van der Waals surface area (Å²) in [6, 6.07) is 16.0. The molecule has 3 aromatic carbocycles. The Kier molecular flexibility index (Phi) is 6.30. The number of carbonyl (C=O) groups excluding carboxylic acids is 1. The summed E-state index contributed by atoms with van der Waals surface area (Å²) in [7, 11) is -4.22. The van der Waals surface area contributed by atoms with Gasteiger partial charge in [0.15, 0.2) is 0 Å². The Hall–Kier alpha value is -3.79. The number of nitro groups is 1. The summed E-state index contributed by atoms with van der Waals surface area (Å²) in [6.07, 6.45) is 0. The number of halogens is 1. The van der Waals surface area contributed by atoms with Crippen molar-refractivity contribution >= 4 is 33.0 Å². The largest absolute Gasteiger partial charge is 0.325 e. The molecule has 0 aliphatic heterocycles. The number of nitrogens with zero attached hydrogens (tertiary/aromatic N) is 2. The lowest BCUT2D eigenvalue weighted by Gasteiger charge is -2.24. The molecule has 0 spiro atoms. The van der Waals surface area contributed by atoms with Crippen LogP contribution >= 0.6 is 0 Å². The molecule has 0 fully saturated rings. The molecule has 1 amide bonds. The number of rotatable bonds is 7. The maximum Gasteiger partial charge on any atom is 0.271 e. The SMILES string of the molecule is Cc1ccc(S(=O)(=O)N(CC(=O)Nc2ccc(F)cc2)c2cccc([N+](=O)[O-])c2)cc1. The van der Waals surface area contributed by atoms with Crippen LogP contribution in [0.5, 0.6) is 0 Å². The van der Waals surface area contributed by atoms with Crippen LogP contribution in [0.15, 0.2) is 77.7 Å². The molecule has 0 heterocycles. The highest BCUT2D eigenvalue weighted by Crippen LogP contribution is 2.27. The van der Waals surface area contributed by atoms with E-state index >= 15 is 0 Å². The van der Waals surface area contributed by atoms with Crippen LogP contribution < -0.4 is 9.62 Å². The summed E-state index contributed by atoms with van der Waals surface area (Å²) in [6.45, 7) is 1.15. The van der Waals surface area contributed by atoms with Crippen LogP contribution in [0.1, 0.15) is 5.56 Å². The Bertz CT molecular complexity index is 1210. The van der Waals surface area contributed by atoms with Crippen molar-refractivity contribution in [2.45, 2.75) is 11.8 Å². The van der Waals surface area contributed by atoms with Crippen molar-refractivity contribution in [2.24, 2.45) is 0 Å². The molecule has 0 saturated carbocycles. The molecule has 0 aliphatic rings. The van der Waals surface area contributed by atoms with Crippen LogP contribution in [0.2, 0.25) is 0 Å². The first kappa shape index (κ1) is 21.9. The van der Waals surface area contributed by atoms with Gasteiger partial charge in [-0.15, -0.1) is 0 Å². The lowest BCUT2D eigenvalue weighted by Crippen LogP contribution is -2.38. The van der Waals surface area contributed by atoms with Gasteiger partial charge in [0.1, 0.15) is 12.4 Å². The van der Waals surface area contributed by atoms with Gasteiger partial charge in [0.25, 0.3) is 15.7 Å². The first-order chi connectivity index (χ1) is 14.7. The molecule has 0 radical (unpaired) electrons. The second kappa shape index (κ2) is 8.92. The minimum Gasteiger partial charge on any atom is -0.325 e. The van der Waals surface area contributed by atoms with Crippen molar-refractivity contribution in [1.29, 1.82) is 0 Å². The third-order valence-corrected chi connectivity index (χ3v) is 6.14. The Labute approximate surface area is 178 Å². The smallest absolute Gasteiger partial charge is 0.271 e. The highest BCUT2D eigenvalue weighted by molar-refractivity contribution is 7.92. The zero-order valence-electron chi connectivity index (χ0n) is 16.4. The summed E-state index contributed by atoms with van der Waals surface area (Å²) in [4.78, 5) is 23.0. The fraction of sp³-hybridized carbons (Fsp3) is 0.0952. The third-order valence-electron chi connectivity index (χ3n) is 4.35. The van der Waals surface area contributed by atoms with Gasteiger partial charge in [-0.05, 0) is 49.4 Å². The van der Waals surface area contributed by atoms with Gasteiger partial charge in [0.2, 0.25) is 5.91 Å². The summed E-state index contributed by atoms with van der Waals surface area (Å²) in [5.74, 6) is -1.19. The van der Waals surface area contributed by atoms with E-state index in [1.165, 1.54) is 42.5 Å². The number of non-ortho nitro benzene ring substituents is 1. The number of amides is 1. The van der Waals surface area contributed by atoms with Crippen molar-refractivity contribution in [3.8, 4) is 0 Å². The van der Waals surface area contributed by atoms with Gasteiger partial charge in [-0.25, -0.2) is 12.8 Å². The number of carbonyl (C=O) groups is 1. The number of nitrogens with one attached hydrogen (secondary N) is 1. The number of anilines is 2. The number of aryl methyl sites for hydroxylation is 1. The van der Waals surface area contributed by atoms with Gasteiger partial charge >= 0.3 is 0 Å². The zero-order chi connectivity index (χ0) is 22.6. The fourth-order valence-electron chi connectivity index (χ4n) is 2.78. The van der Waals surface area contributed by atoms with E-state index in [0.29, 0.717) is 0 Å². The first-order valence-corrected chi connectivity index (χ1v) is 10.5. The summed E-state index contributed by atoms with van der Waals surface area (Å²) >= 11 is 0. The molecule has 8 nitrogen and oxygen atoms in total. The summed E-state index contributed by atoms with van der Waals surface area (Å²) < 4.78 is 40.4. The van der Waals surface area contributed by atoms with Crippen LogP contribution in [0.25, 0.3) is 0 Å². The Morgan fingerprint density at radius 2 is 1.71 bits per heavy atom. The van der Waals surface area contributed by atoms with Gasteiger partial charge in [0, 0.05) is 17.8 Å². The van der Waals surface area contributed by atoms with Crippen molar-refractivity contribution in [2.75, 3.05) is 16.2 Å². The highest BCUT2D eigenvalue weighted by atomic mass is 32.2. The van der Waals surface area contributed by atoms with E-state index in [-0.39, 0.29) is 22.0 Å². The fourth-order valence-corrected chi connectivity index (χ4v) is 4.19. The third kappa shape index (κ3) is 5.23. The van der Waals surface area contributed by atoms with E-state index in [4.69, 9.17) is 0 Å². The van der Waals surface area contributed by atoms with E-state index in [0.717, 1.165) is 28.1 Å². The molecule has 0 aliphatic carbocycles. The molecule has 0 saturated heterocycles. The Balaban J connectivity index is 1.98. The average molecular weight is 443 g/mol. The first-order valence-electron chi connectivity index (χ1n) is 9.06. The molecule has 31 heavy (non-hydrogen) atoms. The molecule has 10 heteroatoms. The predicted octanol–water partition coefficient (Wildman–Crippen LogP) is 3.88. The number of sulfonamides is 1. The second-order valence-corrected chi connectivity index (χ2v) is 8.52. The molecule has 1 N–H and O–H groups in total. The van der Waals surface area contributed by atoms with Crippen molar-refractivity contribution < 1.29 is 22.5 Å². The molecule has 3 rings (SSSR count). The summed E-state index contributed by atoms with van der Waals surface area (Å²) in [5.41, 5.74) is 0.762. The molecule has 0 atom stereocenters. The van der Waals surface area contributed by atoms with Crippen molar-refractivity contribution in [1.82, 2.24) is 0 Å². The topological polar surface area (TPSA) is 110 Å². The minimum atomic E-state index is -4.22. The maximum atomic E-state index is 13.3. The van der Waals surface area contributed by atoms with E-state index in [1.54, 1.807) is 19.1 Å². The highest BCUT2D eigenvalue weighted by Gasteiger charge is 2.28. The number of nitro benzene ring substituents is 1. The molecule has 0 unspecified atom stereocenters. The van der Waals surface area contributed by atoms with Gasteiger partial charge in [0.05, 0.1) is 15.5 Å². The standard InChI is InChI=1S/C21H18FN3O5S/c1-15-5-11-20(12-6-15)31(29,30)24(18-3-2-4-19(13-18)25(27)28)14-21(26)23-17-9-7-16(22)8-10-17/h2-13H,14H2,1H3,(H,23,26). The van der Waals surface area contributed by atoms with Crippen molar-refractivity contribution in [3.63, 3.8) is 0 Å². The molecule has 0 bridgehead atoms. The van der Waals surface area contributed by atoms with Crippen LogP contribution in [-0.4, -0.2) is 25.8 Å². The lowest BCUT2D eigenvalue weighted by molar-refractivity contribution is -0.384. The number of benzene rings is 3. The predicted molar refractivity (Wildman–Crippen MR) is 114 cm³/mol. The van der Waals surface area contributed by atoms with Crippen LogP contribution in [0, 0.1) is 22.9 Å². The van der Waals surface area contributed by atoms with Crippen molar-refractivity contribution in [3.05, 3.63) is 94.3 Å². The van der Waals surface area contributed by atoms with E-state index in [2.05, 4.69) is 5.32 Å². The number of hydrogen-bond donors (Lipinski definition) is 1. The zero-order valence-corrected chi connectivity index (χ0v) is 17.2. The monoisotopic (exact) mass is 443 g/mol. The van der Waals surface area contributed by atoms with Gasteiger partial charge in [-0.1, -0.05) is 23.8 Å². The maximum absolute atomic E-state index is 13.3. The lowest BCUT2D eigenvalue weighted by atomic mass is 10.2. The van der Waals surface area contributed by atoms with Gasteiger partial charge in [-0.3, -0.25) is 19.2 Å². The molecule has 0 aromatic heterocycles. The van der Waals surface area contributed by atoms with Crippen LogP contribution in [0.3, 0.4) is 0 Å². The molecule has 3 aromatic rings. The van der Waals surface area contributed by atoms with E-state index in [1.807, 2.05) is 0 Å². The van der Waals surface area contributed by atoms with Gasteiger partial charge < -0.3 is 5.32 Å². The minimum absolute atomic E-state index is 0.0379. The quantitative estimate of drug-likeness (QED) is 0.440. The Morgan fingerprint density at radius 3 is 2.32 bits per heavy atom. The van der Waals surface area contributed by atoms with E-state index < -0.39 is 33.2 Å². The molecular formula is C21H18FN3O5S. The number of hydrogen-bond acceptors (Lipinski definition) is 5. The second-order valence-electron chi connectivity index (χ2n) is 6.66. The van der Waals surface area contributed by atoms with Crippen LogP contribution in [0.4, 0.5) is 21.5 Å². The summed E-state index contributed by atoms with van der Waals surface area (Å²) in [5, 5.41) is 13.6. The molecular weight excluding hydrogens is 425 g/mol.